The number of hydrogen-bond donors (Lipinski definition) is 0. The van der Waals surface area contributed by atoms with Gasteiger partial charge in [0.25, 0.3) is 0 Å². The molecule has 0 saturated heterocycles. The third kappa shape index (κ3) is 4.21. The predicted molar refractivity (Wildman–Crippen MR) is 112 cm³/mol. The van der Waals surface area contributed by atoms with Crippen LogP contribution in [0.3, 0.4) is 0 Å². The minimum absolute atomic E-state index is 0.180. The zero-order valence-corrected chi connectivity index (χ0v) is 19.9. The van der Waals surface area contributed by atoms with Crippen LogP contribution in [0.5, 0.6) is 0 Å². The van der Waals surface area contributed by atoms with E-state index in [9.17, 15) is 4.79 Å². The molecule has 2 rings (SSSR count). The van der Waals surface area contributed by atoms with Crippen molar-refractivity contribution < 1.29 is 4.79 Å². The number of amides is 1. The van der Waals surface area contributed by atoms with E-state index in [0.29, 0.717) is 3.93 Å². The van der Waals surface area contributed by atoms with Gasteiger partial charge in [-0.3, -0.25) is 0 Å². The van der Waals surface area contributed by atoms with Crippen LogP contribution in [-0.2, 0) is 0 Å². The summed E-state index contributed by atoms with van der Waals surface area (Å²) in [6.45, 7) is 10.8. The Bertz CT molecular complexity index is 750. The molecule has 2 aromatic rings. The second kappa shape index (κ2) is 7.69. The number of carbonyl (C=O) groups is 1. The van der Waals surface area contributed by atoms with Crippen LogP contribution in [0.25, 0.3) is 10.8 Å². The Morgan fingerprint density at radius 2 is 1.44 bits per heavy atom. The molecule has 0 bridgehead atoms. The first-order valence-electron chi connectivity index (χ1n) is 9.40. The summed E-state index contributed by atoms with van der Waals surface area (Å²) in [5, 5.41) is 2.25. The summed E-state index contributed by atoms with van der Waals surface area (Å²) in [4.78, 5) is 23.0. The fourth-order valence-corrected chi connectivity index (χ4v) is 6.90. The molecule has 0 aliphatic heterocycles. The Balaban J connectivity index is 2.76. The Morgan fingerprint density at radius 1 is 0.880 bits per heavy atom. The van der Waals surface area contributed by atoms with Crippen molar-refractivity contribution in [2.24, 2.45) is 0 Å². The molecule has 0 spiro atoms. The van der Waals surface area contributed by atoms with Gasteiger partial charge < -0.3 is 0 Å². The first-order valence-corrected chi connectivity index (χ1v) is 19.6. The quantitative estimate of drug-likeness (QED) is 0.510. The first-order chi connectivity index (χ1) is 11.6. The van der Waals surface area contributed by atoms with E-state index in [1.54, 1.807) is 0 Å². The van der Waals surface area contributed by atoms with Gasteiger partial charge in [-0.05, 0) is 0 Å². The average Bonchev–Trinajstić information content (AvgIpc) is 2.51. The number of carbonyl (C=O) groups excluding carboxylic acids is 1. The van der Waals surface area contributed by atoms with Gasteiger partial charge in [-0.1, -0.05) is 0 Å². The minimum atomic E-state index is -2.20. The maximum absolute atomic E-state index is 13.6. The van der Waals surface area contributed by atoms with Crippen molar-refractivity contribution >= 4 is 35.1 Å². The van der Waals surface area contributed by atoms with Gasteiger partial charge in [0.2, 0.25) is 0 Å². The molecule has 0 radical (unpaired) electrons. The van der Waals surface area contributed by atoms with Crippen LogP contribution >= 0.6 is 0 Å². The predicted octanol–water partition coefficient (Wildman–Crippen LogP) is 6.08. The molecule has 2 aromatic carbocycles. The van der Waals surface area contributed by atoms with Crippen molar-refractivity contribution in [2.45, 2.75) is 65.5 Å². The van der Waals surface area contributed by atoms with Gasteiger partial charge in [0.1, 0.15) is 0 Å². The fraction of sp³-hybridized carbons (Fsp3) is 0.500. The summed E-state index contributed by atoms with van der Waals surface area (Å²) in [6.07, 6.45) is 0. The molecule has 0 saturated carbocycles. The summed E-state index contributed by atoms with van der Waals surface area (Å²) in [6, 6.07) is 13.1. The van der Waals surface area contributed by atoms with Gasteiger partial charge in [0.05, 0.1) is 0 Å². The molecule has 0 N–H and O–H groups in total. The molecule has 3 heteroatoms. The number of hydrogen-bond acceptors (Lipinski definition) is 1. The normalized spacial score (nSPS) is 13.5. The van der Waals surface area contributed by atoms with Crippen molar-refractivity contribution in [1.29, 1.82) is 0 Å². The van der Waals surface area contributed by atoms with E-state index in [-0.39, 0.29) is 18.0 Å². The molecule has 136 valence electrons. The summed E-state index contributed by atoms with van der Waals surface area (Å²) in [5.74, 6) is 0.180. The molecule has 1 amide bonds. The second-order valence-electron chi connectivity index (χ2n) is 8.74. The van der Waals surface area contributed by atoms with E-state index >= 15 is 0 Å². The maximum atomic E-state index is 13.6. The molecule has 0 heterocycles. The van der Waals surface area contributed by atoms with E-state index in [1.807, 2.05) is 17.0 Å². The van der Waals surface area contributed by atoms with Crippen LogP contribution in [0.2, 0.25) is 14.8 Å². The molecule has 0 fully saturated rings. The van der Waals surface area contributed by atoms with Crippen LogP contribution in [-0.4, -0.2) is 41.3 Å². The average molecular weight is 446 g/mol. The Hall–Kier alpha value is -1.03. The molecule has 0 aliphatic carbocycles. The number of fused-ring (bicyclic) bond motifs is 1. The molecule has 0 aromatic heterocycles. The van der Waals surface area contributed by atoms with Crippen LogP contribution in [0.1, 0.15) is 54.5 Å². The van der Waals surface area contributed by atoms with Gasteiger partial charge in [-0.15, -0.1) is 0 Å². The number of rotatable bonds is 5. The van der Waals surface area contributed by atoms with Gasteiger partial charge >= 0.3 is 158 Å². The fourth-order valence-electron chi connectivity index (χ4n) is 3.55. The van der Waals surface area contributed by atoms with Gasteiger partial charge in [-0.25, -0.2) is 0 Å². The van der Waals surface area contributed by atoms with Gasteiger partial charge in [0, 0.05) is 0 Å². The van der Waals surface area contributed by atoms with E-state index in [1.165, 1.54) is 5.56 Å². The third-order valence-electron chi connectivity index (χ3n) is 5.29. The van der Waals surface area contributed by atoms with Crippen LogP contribution in [0, 0.1) is 0 Å². The van der Waals surface area contributed by atoms with Crippen LogP contribution in [0.15, 0.2) is 36.4 Å². The Morgan fingerprint density at radius 3 is 1.96 bits per heavy atom. The molecule has 1 atom stereocenters. The zero-order valence-electron chi connectivity index (χ0n) is 17.1. The monoisotopic (exact) mass is 447 g/mol. The summed E-state index contributed by atoms with van der Waals surface area (Å²) in [7, 11) is 0. The van der Waals surface area contributed by atoms with Crippen molar-refractivity contribution in [3.8, 4) is 0 Å². The van der Waals surface area contributed by atoms with E-state index in [4.69, 9.17) is 0 Å². The molecule has 2 nitrogen and oxygen atoms in total. The van der Waals surface area contributed by atoms with Gasteiger partial charge in [-0.2, -0.15) is 0 Å². The topological polar surface area (TPSA) is 20.3 Å². The SMILES string of the molecule is CC(C)N(C(=O)c1c([C@H](C)[Sn]([CH3])([CH3])[CH3])ccc2ccccc12)C(C)C. The van der Waals surface area contributed by atoms with Gasteiger partial charge in [0.15, 0.2) is 0 Å². The summed E-state index contributed by atoms with van der Waals surface area (Å²) >= 11 is -2.20. The molecule has 0 unspecified atom stereocenters. The molecular weight excluding hydrogens is 413 g/mol. The van der Waals surface area contributed by atoms with Crippen molar-refractivity contribution in [3.05, 3.63) is 47.5 Å². The van der Waals surface area contributed by atoms with Crippen LogP contribution in [0.4, 0.5) is 0 Å². The summed E-state index contributed by atoms with van der Waals surface area (Å²) in [5.41, 5.74) is 2.18. The first kappa shape index (κ1) is 20.3. The van der Waals surface area contributed by atoms with Crippen molar-refractivity contribution in [1.82, 2.24) is 4.90 Å². The van der Waals surface area contributed by atoms with Crippen molar-refractivity contribution in [3.63, 3.8) is 0 Å². The zero-order chi connectivity index (χ0) is 18.9. The standard InChI is InChI=1S/C19H24NO.3CH3.Sn/c1-6-15-11-12-16-9-7-8-10-17(16)18(15)19(21)20(13(2)3)14(4)5;;;;/h6-14H,1-5H3;3*1H3;. The second-order valence-corrected chi connectivity index (χ2v) is 24.7. The molecule has 25 heavy (non-hydrogen) atoms. The molecular formula is C22H33NOSn. The summed E-state index contributed by atoms with van der Waals surface area (Å²) < 4.78 is 0.499. The van der Waals surface area contributed by atoms with Crippen molar-refractivity contribution in [2.75, 3.05) is 0 Å². The number of nitrogens with zero attached hydrogens (tertiary/aromatic N) is 1. The Kier molecular flexibility index (Phi) is 6.24. The van der Waals surface area contributed by atoms with Crippen LogP contribution < -0.4 is 0 Å². The van der Waals surface area contributed by atoms with E-state index in [2.05, 4.69) is 73.7 Å². The van der Waals surface area contributed by atoms with E-state index < -0.39 is 18.4 Å². The third-order valence-corrected chi connectivity index (χ3v) is 13.6. The van der Waals surface area contributed by atoms with E-state index in [0.717, 1.165) is 16.3 Å². The Labute approximate surface area is 157 Å². The number of benzene rings is 2. The molecule has 0 aliphatic rings.